The quantitative estimate of drug-likeness (QED) is 0.544. The molecule has 0 atom stereocenters. The second kappa shape index (κ2) is 8.78. The highest BCUT2D eigenvalue weighted by Crippen LogP contribution is 2.35. The minimum Gasteiger partial charge on any atom is -0.493 e. The first-order valence-electron chi connectivity index (χ1n) is 9.03. The molecule has 1 N–H and O–H groups in total. The molecule has 2 aromatic rings. The largest absolute Gasteiger partial charge is 0.493 e. The summed E-state index contributed by atoms with van der Waals surface area (Å²) in [5, 5.41) is 14.1. The summed E-state index contributed by atoms with van der Waals surface area (Å²) in [7, 11) is 4.17. The van der Waals surface area contributed by atoms with Crippen LogP contribution in [0.25, 0.3) is 0 Å². The van der Waals surface area contributed by atoms with Gasteiger partial charge in [0.05, 0.1) is 25.2 Å². The molecule has 0 radical (unpaired) electrons. The van der Waals surface area contributed by atoms with Gasteiger partial charge in [-0.1, -0.05) is 6.07 Å². The number of ether oxygens (including phenoxy) is 3. The van der Waals surface area contributed by atoms with Gasteiger partial charge in [-0.2, -0.15) is 0 Å². The molecule has 2 amide bonds. The number of nitro groups is 1. The number of anilines is 2. The third-order valence-corrected chi connectivity index (χ3v) is 4.75. The van der Waals surface area contributed by atoms with E-state index < -0.39 is 16.5 Å². The molecule has 3 rings (SSSR count). The van der Waals surface area contributed by atoms with Crippen LogP contribution in [-0.2, 0) is 16.0 Å². The van der Waals surface area contributed by atoms with Gasteiger partial charge in [-0.25, -0.2) is 0 Å². The molecule has 0 saturated carbocycles. The Labute approximate surface area is 172 Å². The highest BCUT2D eigenvalue weighted by molar-refractivity contribution is 6.08. The van der Waals surface area contributed by atoms with Crippen molar-refractivity contribution in [3.8, 4) is 11.5 Å². The standard InChI is InChI=1S/C20H21N3O7/c1-28-11-19(24)22-7-6-12-4-5-13(8-15(12)22)21-20(25)14-9-17(29-2)18(30-3)10-16(14)23(26)27/h4-5,8-10H,6-7,11H2,1-3H3,(H,21,25). The van der Waals surface area contributed by atoms with E-state index in [2.05, 4.69) is 5.32 Å². The average molecular weight is 415 g/mol. The van der Waals surface area contributed by atoms with E-state index in [9.17, 15) is 19.7 Å². The number of hydrogen-bond acceptors (Lipinski definition) is 7. The van der Waals surface area contributed by atoms with Crippen LogP contribution in [-0.4, -0.2) is 51.2 Å². The van der Waals surface area contributed by atoms with E-state index in [-0.39, 0.29) is 29.6 Å². The van der Waals surface area contributed by atoms with Crippen LogP contribution >= 0.6 is 0 Å². The Bertz CT molecular complexity index is 1010. The van der Waals surface area contributed by atoms with Crippen LogP contribution in [0.5, 0.6) is 11.5 Å². The number of methoxy groups -OCH3 is 3. The van der Waals surface area contributed by atoms with E-state index in [0.29, 0.717) is 24.3 Å². The number of carbonyl (C=O) groups is 2. The van der Waals surface area contributed by atoms with Gasteiger partial charge in [-0.3, -0.25) is 19.7 Å². The third-order valence-electron chi connectivity index (χ3n) is 4.75. The van der Waals surface area contributed by atoms with Crippen LogP contribution in [0.15, 0.2) is 30.3 Å². The van der Waals surface area contributed by atoms with Gasteiger partial charge in [-0.15, -0.1) is 0 Å². The van der Waals surface area contributed by atoms with Gasteiger partial charge in [0, 0.05) is 31.1 Å². The maximum absolute atomic E-state index is 12.8. The molecule has 0 aromatic heterocycles. The molecule has 0 bridgehead atoms. The fourth-order valence-electron chi connectivity index (χ4n) is 3.32. The molecule has 0 spiro atoms. The molecule has 0 fully saturated rings. The second-order valence-corrected chi connectivity index (χ2v) is 6.51. The topological polar surface area (TPSA) is 120 Å². The number of fused-ring (bicyclic) bond motifs is 1. The smallest absolute Gasteiger partial charge is 0.286 e. The average Bonchev–Trinajstić information content (AvgIpc) is 3.16. The Hall–Kier alpha value is -3.66. The number of carbonyl (C=O) groups excluding carboxylic acids is 2. The Kier molecular flexibility index (Phi) is 6.17. The third kappa shape index (κ3) is 4.03. The molecule has 0 aliphatic carbocycles. The van der Waals surface area contributed by atoms with E-state index in [1.54, 1.807) is 17.0 Å². The Morgan fingerprint density at radius 2 is 1.83 bits per heavy atom. The number of nitrogens with zero attached hydrogens (tertiary/aromatic N) is 2. The summed E-state index contributed by atoms with van der Waals surface area (Å²) in [5.41, 5.74) is 1.46. The van der Waals surface area contributed by atoms with Gasteiger partial charge in [0.2, 0.25) is 0 Å². The van der Waals surface area contributed by atoms with Crippen molar-refractivity contribution >= 4 is 28.9 Å². The molecule has 2 aromatic carbocycles. The molecular formula is C20H21N3O7. The summed E-state index contributed by atoms with van der Waals surface area (Å²) < 4.78 is 15.1. The number of nitrogens with one attached hydrogen (secondary N) is 1. The second-order valence-electron chi connectivity index (χ2n) is 6.51. The summed E-state index contributed by atoms with van der Waals surface area (Å²) in [6.45, 7) is 0.476. The number of rotatable bonds is 7. The van der Waals surface area contributed by atoms with E-state index in [1.807, 2.05) is 6.07 Å². The van der Waals surface area contributed by atoms with Crippen molar-refractivity contribution in [1.82, 2.24) is 0 Å². The molecule has 30 heavy (non-hydrogen) atoms. The first-order chi connectivity index (χ1) is 14.4. The van der Waals surface area contributed by atoms with Crippen molar-refractivity contribution < 1.29 is 28.7 Å². The fourth-order valence-corrected chi connectivity index (χ4v) is 3.32. The van der Waals surface area contributed by atoms with Crippen molar-refractivity contribution in [3.05, 3.63) is 51.6 Å². The molecule has 10 heteroatoms. The van der Waals surface area contributed by atoms with Crippen LogP contribution in [0.2, 0.25) is 0 Å². The summed E-state index contributed by atoms with van der Waals surface area (Å²) in [5.74, 6) is -0.533. The molecule has 0 saturated heterocycles. The summed E-state index contributed by atoms with van der Waals surface area (Å²) in [6.07, 6.45) is 0.695. The minimum atomic E-state index is -0.685. The van der Waals surface area contributed by atoms with Gasteiger partial charge in [0.15, 0.2) is 11.5 Å². The zero-order chi connectivity index (χ0) is 21.8. The molecule has 1 aliphatic heterocycles. The lowest BCUT2D eigenvalue weighted by molar-refractivity contribution is -0.385. The lowest BCUT2D eigenvalue weighted by Crippen LogP contribution is -2.32. The van der Waals surface area contributed by atoms with Crippen LogP contribution in [0.3, 0.4) is 0 Å². The Balaban J connectivity index is 1.91. The number of amides is 2. The normalized spacial score (nSPS) is 12.3. The molecule has 10 nitrogen and oxygen atoms in total. The van der Waals surface area contributed by atoms with Gasteiger partial charge < -0.3 is 24.4 Å². The fraction of sp³-hybridized carbons (Fsp3) is 0.300. The predicted octanol–water partition coefficient (Wildman–Crippen LogP) is 2.40. The Morgan fingerprint density at radius 1 is 1.13 bits per heavy atom. The zero-order valence-electron chi connectivity index (χ0n) is 16.8. The van der Waals surface area contributed by atoms with Crippen molar-refractivity contribution in [3.63, 3.8) is 0 Å². The number of hydrogen-bond donors (Lipinski definition) is 1. The van der Waals surface area contributed by atoms with Crippen LogP contribution in [0, 0.1) is 10.1 Å². The van der Waals surface area contributed by atoms with Crippen molar-refractivity contribution in [2.24, 2.45) is 0 Å². The highest BCUT2D eigenvalue weighted by atomic mass is 16.6. The number of benzene rings is 2. The first kappa shape index (κ1) is 21.1. The van der Waals surface area contributed by atoms with E-state index in [1.165, 1.54) is 27.4 Å². The number of nitro benzene ring substituents is 1. The van der Waals surface area contributed by atoms with Gasteiger partial charge >= 0.3 is 0 Å². The molecule has 0 unspecified atom stereocenters. The predicted molar refractivity (Wildman–Crippen MR) is 109 cm³/mol. The van der Waals surface area contributed by atoms with Gasteiger partial charge in [0.25, 0.3) is 17.5 Å². The minimum absolute atomic E-state index is 0.0478. The van der Waals surface area contributed by atoms with E-state index >= 15 is 0 Å². The monoisotopic (exact) mass is 415 g/mol. The van der Waals surface area contributed by atoms with Crippen molar-refractivity contribution in [2.45, 2.75) is 6.42 Å². The maximum atomic E-state index is 12.8. The Morgan fingerprint density at radius 3 is 2.47 bits per heavy atom. The highest BCUT2D eigenvalue weighted by Gasteiger charge is 2.27. The van der Waals surface area contributed by atoms with Crippen molar-refractivity contribution in [2.75, 3.05) is 44.7 Å². The SMILES string of the molecule is COCC(=O)N1CCc2ccc(NC(=O)c3cc(OC)c(OC)cc3[N+](=O)[O-])cc21. The molecule has 158 valence electrons. The molecule has 1 heterocycles. The zero-order valence-corrected chi connectivity index (χ0v) is 16.8. The van der Waals surface area contributed by atoms with E-state index in [4.69, 9.17) is 14.2 Å². The van der Waals surface area contributed by atoms with Gasteiger partial charge in [0.1, 0.15) is 12.2 Å². The van der Waals surface area contributed by atoms with Gasteiger partial charge in [-0.05, 0) is 24.1 Å². The maximum Gasteiger partial charge on any atom is 0.286 e. The lowest BCUT2D eigenvalue weighted by atomic mass is 10.1. The first-order valence-corrected chi connectivity index (χ1v) is 9.03. The van der Waals surface area contributed by atoms with Crippen molar-refractivity contribution in [1.29, 1.82) is 0 Å². The summed E-state index contributed by atoms with van der Waals surface area (Å²) in [4.78, 5) is 37.4. The van der Waals surface area contributed by atoms with Crippen LogP contribution < -0.4 is 19.7 Å². The molecule has 1 aliphatic rings. The van der Waals surface area contributed by atoms with Crippen LogP contribution in [0.1, 0.15) is 15.9 Å². The lowest BCUT2D eigenvalue weighted by Gasteiger charge is -2.18. The van der Waals surface area contributed by atoms with Crippen LogP contribution in [0.4, 0.5) is 17.1 Å². The van der Waals surface area contributed by atoms with E-state index in [0.717, 1.165) is 11.6 Å². The molecular weight excluding hydrogens is 394 g/mol. The summed E-state index contributed by atoms with van der Waals surface area (Å²) >= 11 is 0. The summed E-state index contributed by atoms with van der Waals surface area (Å²) in [6, 6.07) is 7.57.